The van der Waals surface area contributed by atoms with Crippen molar-refractivity contribution in [3.05, 3.63) is 60.5 Å². The van der Waals surface area contributed by atoms with Gasteiger partial charge >= 0.3 is 0 Å². The number of anilines is 5. The Kier molecular flexibility index (Phi) is 6.98. The number of halogens is 1. The molecule has 1 unspecified atom stereocenters. The van der Waals surface area contributed by atoms with Crippen molar-refractivity contribution >= 4 is 34.7 Å². The first kappa shape index (κ1) is 24.6. The Bertz CT molecular complexity index is 1250. The van der Waals surface area contributed by atoms with E-state index in [-0.39, 0.29) is 30.1 Å². The summed E-state index contributed by atoms with van der Waals surface area (Å²) in [5.41, 5.74) is 2.13. The third-order valence-corrected chi connectivity index (χ3v) is 7.01. The molecule has 3 aromatic rings. The SMILES string of the molecule is COc1ccc(Nc2ncc3c(n2)N(C2CCC(NC(C)=O)CC2)C(Nc2ccccc2F)N3C)cc1. The highest BCUT2D eigenvalue weighted by Crippen LogP contribution is 2.42. The van der Waals surface area contributed by atoms with Crippen LogP contribution in [0.1, 0.15) is 32.6 Å². The average Bonchev–Trinajstić information content (AvgIpc) is 3.16. The van der Waals surface area contributed by atoms with E-state index in [0.717, 1.165) is 48.6 Å². The smallest absolute Gasteiger partial charge is 0.229 e. The zero-order chi connectivity index (χ0) is 25.9. The first-order valence-corrected chi connectivity index (χ1v) is 12.5. The van der Waals surface area contributed by atoms with Gasteiger partial charge in [0.2, 0.25) is 11.9 Å². The molecule has 2 heterocycles. The van der Waals surface area contributed by atoms with Gasteiger partial charge in [0.15, 0.2) is 12.1 Å². The quantitative estimate of drug-likeness (QED) is 0.433. The molecule has 2 aliphatic rings. The predicted octanol–water partition coefficient (Wildman–Crippen LogP) is 4.47. The lowest BCUT2D eigenvalue weighted by Gasteiger charge is -2.40. The van der Waals surface area contributed by atoms with E-state index < -0.39 is 0 Å². The number of fused-ring (bicyclic) bond motifs is 1. The third kappa shape index (κ3) is 5.23. The topological polar surface area (TPSA) is 94.6 Å². The van der Waals surface area contributed by atoms with E-state index in [4.69, 9.17) is 9.72 Å². The van der Waals surface area contributed by atoms with Crippen LogP contribution in [-0.4, -0.2) is 48.4 Å². The fourth-order valence-corrected chi connectivity index (χ4v) is 5.15. The number of nitrogens with zero attached hydrogens (tertiary/aromatic N) is 4. The lowest BCUT2D eigenvalue weighted by atomic mass is 9.90. The van der Waals surface area contributed by atoms with E-state index in [0.29, 0.717) is 11.6 Å². The van der Waals surface area contributed by atoms with Crippen molar-refractivity contribution < 1.29 is 13.9 Å². The molecule has 0 spiro atoms. The zero-order valence-corrected chi connectivity index (χ0v) is 21.2. The predicted molar refractivity (Wildman–Crippen MR) is 143 cm³/mol. The van der Waals surface area contributed by atoms with Crippen molar-refractivity contribution in [2.75, 3.05) is 34.6 Å². The highest BCUT2D eigenvalue weighted by atomic mass is 19.1. The van der Waals surface area contributed by atoms with Crippen LogP contribution in [0.4, 0.5) is 33.2 Å². The second-order valence-electron chi connectivity index (χ2n) is 9.48. The maximum Gasteiger partial charge on any atom is 0.229 e. The molecule has 0 bridgehead atoms. The number of nitrogens with one attached hydrogen (secondary N) is 3. The molecule has 0 saturated heterocycles. The molecule has 0 radical (unpaired) electrons. The van der Waals surface area contributed by atoms with E-state index in [9.17, 15) is 9.18 Å². The van der Waals surface area contributed by atoms with Crippen LogP contribution in [0.15, 0.2) is 54.7 Å². The minimum atomic E-state index is -0.347. The Hall–Kier alpha value is -4.08. The second kappa shape index (κ2) is 10.5. The largest absolute Gasteiger partial charge is 0.497 e. The first-order valence-electron chi connectivity index (χ1n) is 12.5. The number of rotatable bonds is 7. The Morgan fingerprint density at radius 2 is 1.81 bits per heavy atom. The monoisotopic (exact) mass is 505 g/mol. The van der Waals surface area contributed by atoms with Gasteiger partial charge in [-0.1, -0.05) is 12.1 Å². The molecule has 3 N–H and O–H groups in total. The number of methoxy groups -OCH3 is 1. The van der Waals surface area contributed by atoms with Gasteiger partial charge in [0.25, 0.3) is 0 Å². The summed E-state index contributed by atoms with van der Waals surface area (Å²) in [4.78, 5) is 25.3. The zero-order valence-electron chi connectivity index (χ0n) is 21.2. The highest BCUT2D eigenvalue weighted by Gasteiger charge is 2.41. The van der Waals surface area contributed by atoms with Crippen molar-refractivity contribution in [1.82, 2.24) is 15.3 Å². The van der Waals surface area contributed by atoms with Crippen LogP contribution in [0.3, 0.4) is 0 Å². The maximum absolute atomic E-state index is 14.6. The number of hydrogen-bond acceptors (Lipinski definition) is 8. The van der Waals surface area contributed by atoms with Gasteiger partial charge in [-0.05, 0) is 62.1 Å². The Balaban J connectivity index is 1.44. The van der Waals surface area contributed by atoms with Crippen LogP contribution in [0.2, 0.25) is 0 Å². The highest BCUT2D eigenvalue weighted by molar-refractivity contribution is 5.76. The molecular weight excluding hydrogens is 473 g/mol. The summed E-state index contributed by atoms with van der Waals surface area (Å²) in [6, 6.07) is 14.6. The number of benzene rings is 2. The Morgan fingerprint density at radius 1 is 1.08 bits per heavy atom. The molecule has 1 atom stereocenters. The molecule has 9 nitrogen and oxygen atoms in total. The summed E-state index contributed by atoms with van der Waals surface area (Å²) in [6.07, 6.45) is 4.94. The van der Waals surface area contributed by atoms with Crippen molar-refractivity contribution in [1.29, 1.82) is 0 Å². The molecule has 5 rings (SSSR count). The van der Waals surface area contributed by atoms with Crippen LogP contribution in [0, 0.1) is 5.82 Å². The van der Waals surface area contributed by atoms with E-state index in [1.165, 1.54) is 6.07 Å². The number of amides is 1. The van der Waals surface area contributed by atoms with E-state index >= 15 is 0 Å². The van der Waals surface area contributed by atoms with Gasteiger partial charge < -0.3 is 30.5 Å². The lowest BCUT2D eigenvalue weighted by molar-refractivity contribution is -0.119. The average molecular weight is 506 g/mol. The van der Waals surface area contributed by atoms with Crippen molar-refractivity contribution in [3.8, 4) is 5.75 Å². The summed E-state index contributed by atoms with van der Waals surface area (Å²) in [7, 11) is 3.59. The van der Waals surface area contributed by atoms with E-state index in [1.807, 2.05) is 42.3 Å². The maximum atomic E-state index is 14.6. The fraction of sp³-hybridized carbons (Fsp3) is 0.370. The summed E-state index contributed by atoms with van der Waals surface area (Å²) in [5, 5.41) is 9.70. The number of aromatic nitrogens is 2. The molecule has 1 aliphatic heterocycles. The Labute approximate surface area is 216 Å². The van der Waals surface area contributed by atoms with Gasteiger partial charge in [-0.15, -0.1) is 0 Å². The van der Waals surface area contributed by atoms with E-state index in [2.05, 4.69) is 25.8 Å². The van der Waals surface area contributed by atoms with Crippen molar-refractivity contribution in [3.63, 3.8) is 0 Å². The first-order chi connectivity index (χ1) is 17.9. The van der Waals surface area contributed by atoms with Gasteiger partial charge in [-0.25, -0.2) is 9.37 Å². The summed E-state index contributed by atoms with van der Waals surface area (Å²) in [6.45, 7) is 1.56. The normalized spacial score (nSPS) is 20.8. The molecule has 10 heteroatoms. The van der Waals surface area contributed by atoms with E-state index in [1.54, 1.807) is 32.4 Å². The second-order valence-corrected chi connectivity index (χ2v) is 9.48. The third-order valence-electron chi connectivity index (χ3n) is 7.01. The summed E-state index contributed by atoms with van der Waals surface area (Å²) in [5.74, 6) is 1.71. The Morgan fingerprint density at radius 3 is 2.49 bits per heavy atom. The summed E-state index contributed by atoms with van der Waals surface area (Å²) < 4.78 is 19.9. The molecule has 194 valence electrons. The van der Waals surface area contributed by atoms with Crippen LogP contribution < -0.4 is 30.5 Å². The molecule has 1 aromatic heterocycles. The van der Waals surface area contributed by atoms with Crippen LogP contribution in [0.25, 0.3) is 0 Å². The number of carbonyl (C=O) groups is 1. The minimum absolute atomic E-state index is 0.00390. The number of hydrogen-bond donors (Lipinski definition) is 3. The summed E-state index contributed by atoms with van der Waals surface area (Å²) >= 11 is 0. The molecular formula is C27H32FN7O2. The number of carbonyl (C=O) groups excluding carboxylic acids is 1. The minimum Gasteiger partial charge on any atom is -0.497 e. The lowest BCUT2D eigenvalue weighted by Crippen LogP contribution is -2.53. The van der Waals surface area contributed by atoms with Crippen molar-refractivity contribution in [2.45, 2.75) is 51.0 Å². The van der Waals surface area contributed by atoms with Crippen molar-refractivity contribution in [2.24, 2.45) is 0 Å². The van der Waals surface area contributed by atoms with Crippen LogP contribution in [-0.2, 0) is 4.79 Å². The molecule has 2 aromatic carbocycles. The van der Waals surface area contributed by atoms with Gasteiger partial charge in [0.1, 0.15) is 17.3 Å². The van der Waals surface area contributed by atoms with Crippen LogP contribution in [0.5, 0.6) is 5.75 Å². The number of para-hydroxylation sites is 1. The standard InChI is InChI=1S/C27H32FN7O2/c1-17(36)30-18-8-12-20(13-9-18)35-25-24(34(2)27(35)32-23-7-5-4-6-22(23)28)16-29-26(33-25)31-19-10-14-21(37-3)15-11-19/h4-7,10-11,14-16,18,20,27,32H,8-9,12-13H2,1-3H3,(H,30,36)(H,29,31,33). The molecule has 37 heavy (non-hydrogen) atoms. The van der Waals surface area contributed by atoms with Gasteiger partial charge in [-0.2, -0.15) is 4.98 Å². The van der Waals surface area contributed by atoms with Gasteiger partial charge in [0.05, 0.1) is 19.0 Å². The van der Waals surface area contributed by atoms with Crippen LogP contribution >= 0.6 is 0 Å². The van der Waals surface area contributed by atoms with Gasteiger partial charge in [0, 0.05) is 31.7 Å². The molecule has 1 aliphatic carbocycles. The molecule has 1 amide bonds. The fourth-order valence-electron chi connectivity index (χ4n) is 5.15. The molecule has 1 saturated carbocycles. The number of ether oxygens (including phenoxy) is 1. The van der Waals surface area contributed by atoms with Gasteiger partial charge in [-0.3, -0.25) is 4.79 Å². The molecule has 1 fully saturated rings.